The fourth-order valence-corrected chi connectivity index (χ4v) is 2.98. The number of benzene rings is 1. The maximum Gasteiger partial charge on any atom is 0.265 e. The predicted octanol–water partition coefficient (Wildman–Crippen LogP) is 2.23. The average molecular weight is 277 g/mol. The molecule has 2 N–H and O–H groups in total. The van der Waals surface area contributed by atoms with Gasteiger partial charge in [-0.1, -0.05) is 18.2 Å². The van der Waals surface area contributed by atoms with Crippen molar-refractivity contribution >= 4 is 21.5 Å². The van der Waals surface area contributed by atoms with Crippen LogP contribution in [0.15, 0.2) is 47.5 Å². The highest BCUT2D eigenvalue weighted by atomic mass is 32.2. The first-order chi connectivity index (χ1) is 9.04. The van der Waals surface area contributed by atoms with Crippen LogP contribution in [0.4, 0.5) is 11.5 Å². The van der Waals surface area contributed by atoms with Crippen molar-refractivity contribution in [1.82, 2.24) is 4.98 Å². The summed E-state index contributed by atoms with van der Waals surface area (Å²) in [5.41, 5.74) is 1.43. The second-order valence-electron chi connectivity index (χ2n) is 4.02. The largest absolute Gasteiger partial charge is 0.372 e. The molecule has 0 aliphatic rings. The Morgan fingerprint density at radius 1 is 1.11 bits per heavy atom. The number of para-hydroxylation sites is 1. The maximum absolute atomic E-state index is 12.3. The summed E-state index contributed by atoms with van der Waals surface area (Å²) < 4.78 is 27.3. The van der Waals surface area contributed by atoms with Crippen molar-refractivity contribution in [3.8, 4) is 0 Å². The summed E-state index contributed by atoms with van der Waals surface area (Å²) in [5.74, 6) is 0.323. The standard InChI is InChI=1S/C13H15N3O2S/c1-10-6-3-4-7-11(10)16-19(17,18)12-8-5-9-15-13(12)14-2/h3-9,16H,1-2H3,(H,14,15). The third kappa shape index (κ3) is 2.85. The minimum absolute atomic E-state index is 0.126. The van der Waals surface area contributed by atoms with Gasteiger partial charge in [-0.2, -0.15) is 0 Å². The molecule has 1 heterocycles. The fourth-order valence-electron chi connectivity index (χ4n) is 1.68. The highest BCUT2D eigenvalue weighted by Crippen LogP contribution is 2.22. The number of nitrogens with zero attached hydrogens (tertiary/aromatic N) is 1. The zero-order valence-corrected chi connectivity index (χ0v) is 11.5. The number of nitrogens with one attached hydrogen (secondary N) is 2. The molecule has 5 nitrogen and oxygen atoms in total. The lowest BCUT2D eigenvalue weighted by molar-refractivity contribution is 0.601. The van der Waals surface area contributed by atoms with E-state index in [1.54, 1.807) is 31.4 Å². The third-order valence-corrected chi connectivity index (χ3v) is 4.08. The molecule has 6 heteroatoms. The lowest BCUT2D eigenvalue weighted by Gasteiger charge is -2.12. The number of aromatic nitrogens is 1. The highest BCUT2D eigenvalue weighted by Gasteiger charge is 2.19. The number of pyridine rings is 1. The molecule has 0 unspecified atom stereocenters. The van der Waals surface area contributed by atoms with E-state index >= 15 is 0 Å². The van der Waals surface area contributed by atoms with Crippen LogP contribution in [0.25, 0.3) is 0 Å². The second kappa shape index (κ2) is 5.27. The second-order valence-corrected chi connectivity index (χ2v) is 5.67. The van der Waals surface area contributed by atoms with Gasteiger partial charge in [-0.15, -0.1) is 0 Å². The van der Waals surface area contributed by atoms with Gasteiger partial charge in [0, 0.05) is 13.2 Å². The van der Waals surface area contributed by atoms with Gasteiger partial charge >= 0.3 is 0 Å². The highest BCUT2D eigenvalue weighted by molar-refractivity contribution is 7.92. The van der Waals surface area contributed by atoms with Crippen LogP contribution in [-0.2, 0) is 10.0 Å². The van der Waals surface area contributed by atoms with E-state index in [1.165, 1.54) is 6.07 Å². The Kier molecular flexibility index (Phi) is 3.71. The summed E-state index contributed by atoms with van der Waals surface area (Å²) in [6, 6.07) is 10.3. The summed E-state index contributed by atoms with van der Waals surface area (Å²) in [7, 11) is -2.02. The summed E-state index contributed by atoms with van der Waals surface area (Å²) in [6.45, 7) is 1.85. The molecule has 0 bridgehead atoms. The van der Waals surface area contributed by atoms with E-state index in [-0.39, 0.29) is 4.90 Å². The van der Waals surface area contributed by atoms with Crippen LogP contribution in [-0.4, -0.2) is 20.4 Å². The lowest BCUT2D eigenvalue weighted by atomic mass is 10.2. The summed E-state index contributed by atoms with van der Waals surface area (Å²) in [5, 5.41) is 2.77. The summed E-state index contributed by atoms with van der Waals surface area (Å²) in [6.07, 6.45) is 1.54. The van der Waals surface area contributed by atoms with Crippen molar-refractivity contribution < 1.29 is 8.42 Å². The number of aryl methyl sites for hydroxylation is 1. The molecular formula is C13H15N3O2S. The van der Waals surface area contributed by atoms with Crippen LogP contribution in [0.3, 0.4) is 0 Å². The van der Waals surface area contributed by atoms with Crippen molar-refractivity contribution in [3.63, 3.8) is 0 Å². The van der Waals surface area contributed by atoms with Gasteiger partial charge in [0.15, 0.2) is 0 Å². The monoisotopic (exact) mass is 277 g/mol. The van der Waals surface area contributed by atoms with E-state index in [0.717, 1.165) is 5.56 Å². The van der Waals surface area contributed by atoms with Crippen LogP contribution in [0.5, 0.6) is 0 Å². The molecule has 100 valence electrons. The van der Waals surface area contributed by atoms with Crippen LogP contribution in [0, 0.1) is 6.92 Å². The fraction of sp³-hybridized carbons (Fsp3) is 0.154. The number of hydrogen-bond acceptors (Lipinski definition) is 4. The Labute approximate surface area is 112 Å². The Morgan fingerprint density at radius 3 is 2.53 bits per heavy atom. The molecule has 0 fully saturated rings. The van der Waals surface area contributed by atoms with Gasteiger partial charge in [0.1, 0.15) is 10.7 Å². The average Bonchev–Trinajstić information content (AvgIpc) is 2.41. The minimum Gasteiger partial charge on any atom is -0.372 e. The van der Waals surface area contributed by atoms with Crippen LogP contribution in [0.1, 0.15) is 5.56 Å². The maximum atomic E-state index is 12.3. The van der Waals surface area contributed by atoms with Crippen molar-refractivity contribution in [3.05, 3.63) is 48.2 Å². The molecule has 0 atom stereocenters. The molecule has 2 aromatic rings. The summed E-state index contributed by atoms with van der Waals surface area (Å²) in [4.78, 5) is 4.12. The first kappa shape index (κ1) is 13.4. The molecule has 0 radical (unpaired) electrons. The molecule has 1 aromatic heterocycles. The van der Waals surface area contributed by atoms with Gasteiger partial charge < -0.3 is 5.32 Å². The van der Waals surface area contributed by atoms with Crippen molar-refractivity contribution in [2.24, 2.45) is 0 Å². The first-order valence-corrected chi connectivity index (χ1v) is 7.24. The van der Waals surface area contributed by atoms with Crippen molar-refractivity contribution in [1.29, 1.82) is 0 Å². The number of anilines is 2. The van der Waals surface area contributed by atoms with E-state index < -0.39 is 10.0 Å². The van der Waals surface area contributed by atoms with E-state index in [1.807, 2.05) is 19.1 Å². The normalized spacial score (nSPS) is 11.1. The Morgan fingerprint density at radius 2 is 1.84 bits per heavy atom. The molecule has 1 aromatic carbocycles. The van der Waals surface area contributed by atoms with Gasteiger partial charge in [0.25, 0.3) is 10.0 Å². The zero-order valence-electron chi connectivity index (χ0n) is 10.7. The summed E-state index contributed by atoms with van der Waals surface area (Å²) >= 11 is 0. The van der Waals surface area contributed by atoms with Gasteiger partial charge in [0.05, 0.1) is 5.69 Å². The molecule has 0 saturated carbocycles. The topological polar surface area (TPSA) is 71.1 Å². The van der Waals surface area contributed by atoms with Gasteiger partial charge in [-0.05, 0) is 30.7 Å². The van der Waals surface area contributed by atoms with E-state index in [4.69, 9.17) is 0 Å². The van der Waals surface area contributed by atoms with Crippen LogP contribution >= 0.6 is 0 Å². The van der Waals surface area contributed by atoms with Crippen LogP contribution < -0.4 is 10.0 Å². The Balaban J connectivity index is 2.41. The van der Waals surface area contributed by atoms with Crippen molar-refractivity contribution in [2.45, 2.75) is 11.8 Å². The predicted molar refractivity (Wildman–Crippen MR) is 75.8 cm³/mol. The van der Waals surface area contributed by atoms with E-state index in [9.17, 15) is 8.42 Å². The molecule has 0 spiro atoms. The molecule has 0 saturated heterocycles. The lowest BCUT2D eigenvalue weighted by Crippen LogP contribution is -2.16. The van der Waals surface area contributed by atoms with Gasteiger partial charge in [0.2, 0.25) is 0 Å². The SMILES string of the molecule is CNc1ncccc1S(=O)(=O)Nc1ccccc1C. The quantitative estimate of drug-likeness (QED) is 0.899. The Bertz CT molecular complexity index is 684. The first-order valence-electron chi connectivity index (χ1n) is 5.76. The molecule has 0 aliphatic heterocycles. The zero-order chi connectivity index (χ0) is 13.9. The number of sulfonamides is 1. The molecule has 2 rings (SSSR count). The molecular weight excluding hydrogens is 262 g/mol. The third-order valence-electron chi connectivity index (χ3n) is 2.69. The Hall–Kier alpha value is -2.08. The molecule has 0 amide bonds. The van der Waals surface area contributed by atoms with E-state index in [2.05, 4.69) is 15.0 Å². The van der Waals surface area contributed by atoms with E-state index in [0.29, 0.717) is 11.5 Å². The number of hydrogen-bond donors (Lipinski definition) is 2. The minimum atomic E-state index is -3.65. The molecule has 19 heavy (non-hydrogen) atoms. The van der Waals surface area contributed by atoms with Crippen molar-refractivity contribution in [2.75, 3.05) is 17.1 Å². The smallest absolute Gasteiger partial charge is 0.265 e. The number of rotatable bonds is 4. The van der Waals surface area contributed by atoms with Crippen LogP contribution in [0.2, 0.25) is 0 Å². The van der Waals surface area contributed by atoms with Gasteiger partial charge in [-0.25, -0.2) is 13.4 Å². The van der Waals surface area contributed by atoms with Gasteiger partial charge in [-0.3, -0.25) is 4.72 Å². The molecule has 0 aliphatic carbocycles.